The molecule has 1 aliphatic rings. The quantitative estimate of drug-likeness (QED) is 0.773. The van der Waals surface area contributed by atoms with Crippen molar-refractivity contribution in [2.75, 3.05) is 13.2 Å². The van der Waals surface area contributed by atoms with E-state index in [2.05, 4.69) is 23.5 Å². The number of carbonyl (C=O) groups is 1. The molecular formula is C17H25NO3. The Morgan fingerprint density at radius 3 is 3.05 bits per heavy atom. The molecule has 2 rings (SSSR count). The molecule has 0 spiro atoms. The van der Waals surface area contributed by atoms with Gasteiger partial charge in [0.1, 0.15) is 6.04 Å². The fraction of sp³-hybridized carbons (Fsp3) is 0.588. The Bertz CT molecular complexity index is 461. The van der Waals surface area contributed by atoms with E-state index >= 15 is 0 Å². The first-order valence-electron chi connectivity index (χ1n) is 7.88. The summed E-state index contributed by atoms with van der Waals surface area (Å²) in [5.41, 5.74) is 2.64. The minimum atomic E-state index is -0.795. The third kappa shape index (κ3) is 4.55. The molecule has 0 amide bonds. The van der Waals surface area contributed by atoms with Crippen LogP contribution in [0.25, 0.3) is 0 Å². The van der Waals surface area contributed by atoms with Crippen LogP contribution in [0.15, 0.2) is 24.3 Å². The Morgan fingerprint density at radius 1 is 1.48 bits per heavy atom. The van der Waals surface area contributed by atoms with E-state index in [0.29, 0.717) is 13.0 Å². The smallest absolute Gasteiger partial charge is 0.320 e. The Kier molecular flexibility index (Phi) is 6.21. The number of aliphatic carboxylic acids is 1. The molecule has 0 fully saturated rings. The lowest BCUT2D eigenvalue weighted by Gasteiger charge is -2.26. The standard InChI is InChI=1S/C17H25NO3/c1-2-11-18-15(17(19)20)10-12-21-16-9-5-7-13-6-3-4-8-14(13)16/h3-4,6,8,15-16,18H,2,5,7,9-12H2,1H3,(H,19,20). The van der Waals surface area contributed by atoms with Crippen LogP contribution in [0.3, 0.4) is 0 Å². The highest BCUT2D eigenvalue weighted by molar-refractivity contribution is 5.73. The van der Waals surface area contributed by atoms with Crippen molar-refractivity contribution in [3.05, 3.63) is 35.4 Å². The van der Waals surface area contributed by atoms with Crippen molar-refractivity contribution < 1.29 is 14.6 Å². The SMILES string of the molecule is CCCNC(CCOC1CCCc2ccccc21)C(=O)O. The lowest BCUT2D eigenvalue weighted by Crippen LogP contribution is -2.38. The van der Waals surface area contributed by atoms with E-state index in [4.69, 9.17) is 4.74 Å². The summed E-state index contributed by atoms with van der Waals surface area (Å²) in [5.74, 6) is -0.795. The molecule has 1 aliphatic carbocycles. The van der Waals surface area contributed by atoms with Gasteiger partial charge in [-0.15, -0.1) is 0 Å². The first-order chi connectivity index (χ1) is 10.2. The van der Waals surface area contributed by atoms with Crippen LogP contribution in [0.4, 0.5) is 0 Å². The highest BCUT2D eigenvalue weighted by Crippen LogP contribution is 2.32. The summed E-state index contributed by atoms with van der Waals surface area (Å²) in [6.07, 6.45) is 4.84. The van der Waals surface area contributed by atoms with Gasteiger partial charge in [0.25, 0.3) is 0 Å². The van der Waals surface area contributed by atoms with Crippen LogP contribution in [0, 0.1) is 0 Å². The lowest BCUT2D eigenvalue weighted by atomic mass is 9.89. The Morgan fingerprint density at radius 2 is 2.29 bits per heavy atom. The van der Waals surface area contributed by atoms with Crippen molar-refractivity contribution in [2.45, 2.75) is 51.2 Å². The van der Waals surface area contributed by atoms with Gasteiger partial charge in [-0.2, -0.15) is 0 Å². The van der Waals surface area contributed by atoms with Gasteiger partial charge >= 0.3 is 5.97 Å². The third-order valence-corrected chi connectivity index (χ3v) is 3.98. The average molecular weight is 291 g/mol. The maximum Gasteiger partial charge on any atom is 0.320 e. The lowest BCUT2D eigenvalue weighted by molar-refractivity contribution is -0.140. The Hall–Kier alpha value is -1.39. The van der Waals surface area contributed by atoms with Crippen molar-refractivity contribution in [1.82, 2.24) is 5.32 Å². The zero-order valence-electron chi connectivity index (χ0n) is 12.7. The maximum atomic E-state index is 11.2. The highest BCUT2D eigenvalue weighted by atomic mass is 16.5. The molecule has 2 atom stereocenters. The number of aryl methyl sites for hydroxylation is 1. The van der Waals surface area contributed by atoms with E-state index in [1.165, 1.54) is 11.1 Å². The first-order valence-corrected chi connectivity index (χ1v) is 7.88. The number of hydrogen-bond donors (Lipinski definition) is 2. The molecule has 0 aromatic heterocycles. The summed E-state index contributed by atoms with van der Waals surface area (Å²) in [6, 6.07) is 7.89. The maximum absolute atomic E-state index is 11.2. The number of carboxylic acid groups (broad SMARTS) is 1. The van der Waals surface area contributed by atoms with E-state index in [1.54, 1.807) is 0 Å². The van der Waals surface area contributed by atoms with Crippen LogP contribution in [-0.4, -0.2) is 30.3 Å². The molecule has 4 nitrogen and oxygen atoms in total. The van der Waals surface area contributed by atoms with E-state index < -0.39 is 12.0 Å². The molecule has 21 heavy (non-hydrogen) atoms. The number of carboxylic acids is 1. The van der Waals surface area contributed by atoms with Crippen molar-refractivity contribution in [2.24, 2.45) is 0 Å². The van der Waals surface area contributed by atoms with E-state index in [1.807, 2.05) is 13.0 Å². The molecule has 0 bridgehead atoms. The third-order valence-electron chi connectivity index (χ3n) is 3.98. The summed E-state index contributed by atoms with van der Waals surface area (Å²) in [4.78, 5) is 11.2. The van der Waals surface area contributed by atoms with Gasteiger partial charge in [0, 0.05) is 6.61 Å². The van der Waals surface area contributed by atoms with Crippen LogP contribution in [0.1, 0.15) is 49.8 Å². The second kappa shape index (κ2) is 8.15. The molecule has 116 valence electrons. The van der Waals surface area contributed by atoms with Gasteiger partial charge in [-0.05, 0) is 49.8 Å². The first kappa shape index (κ1) is 16.0. The topological polar surface area (TPSA) is 58.6 Å². The summed E-state index contributed by atoms with van der Waals surface area (Å²) < 4.78 is 5.97. The number of hydrogen-bond acceptors (Lipinski definition) is 3. The average Bonchev–Trinajstić information content (AvgIpc) is 2.50. The zero-order valence-corrected chi connectivity index (χ0v) is 12.7. The molecule has 2 N–H and O–H groups in total. The summed E-state index contributed by atoms with van der Waals surface area (Å²) in [7, 11) is 0. The predicted molar refractivity (Wildman–Crippen MR) is 82.4 cm³/mol. The molecule has 4 heteroatoms. The normalized spacial score (nSPS) is 19.0. The highest BCUT2D eigenvalue weighted by Gasteiger charge is 2.21. The van der Waals surface area contributed by atoms with Gasteiger partial charge in [0.05, 0.1) is 6.10 Å². The van der Waals surface area contributed by atoms with Crippen LogP contribution >= 0.6 is 0 Å². The second-order valence-electron chi connectivity index (χ2n) is 5.58. The molecule has 1 aromatic rings. The van der Waals surface area contributed by atoms with Gasteiger partial charge < -0.3 is 15.2 Å². The van der Waals surface area contributed by atoms with Crippen molar-refractivity contribution in [1.29, 1.82) is 0 Å². The molecule has 0 saturated heterocycles. The van der Waals surface area contributed by atoms with Crippen LogP contribution in [0.2, 0.25) is 0 Å². The number of ether oxygens (including phenoxy) is 1. The summed E-state index contributed by atoms with van der Waals surface area (Å²) >= 11 is 0. The summed E-state index contributed by atoms with van der Waals surface area (Å²) in [5, 5.41) is 12.2. The molecule has 0 heterocycles. The number of fused-ring (bicyclic) bond motifs is 1. The molecule has 1 aromatic carbocycles. The predicted octanol–water partition coefficient (Wildman–Crippen LogP) is 2.92. The van der Waals surface area contributed by atoms with Gasteiger partial charge in [0.15, 0.2) is 0 Å². The van der Waals surface area contributed by atoms with E-state index in [-0.39, 0.29) is 6.10 Å². The number of benzene rings is 1. The van der Waals surface area contributed by atoms with Crippen LogP contribution < -0.4 is 5.32 Å². The Labute approximate surface area is 126 Å². The molecule has 0 radical (unpaired) electrons. The second-order valence-corrected chi connectivity index (χ2v) is 5.58. The fourth-order valence-corrected chi connectivity index (χ4v) is 2.84. The van der Waals surface area contributed by atoms with Crippen LogP contribution in [-0.2, 0) is 16.0 Å². The molecule has 2 unspecified atom stereocenters. The molecular weight excluding hydrogens is 266 g/mol. The molecule has 0 aliphatic heterocycles. The zero-order chi connectivity index (χ0) is 15.1. The van der Waals surface area contributed by atoms with Gasteiger partial charge in [-0.25, -0.2) is 0 Å². The minimum absolute atomic E-state index is 0.121. The van der Waals surface area contributed by atoms with Gasteiger partial charge in [-0.1, -0.05) is 31.2 Å². The van der Waals surface area contributed by atoms with Gasteiger partial charge in [0.2, 0.25) is 0 Å². The molecule has 0 saturated carbocycles. The number of rotatable bonds is 8. The number of nitrogens with one attached hydrogen (secondary N) is 1. The van der Waals surface area contributed by atoms with Crippen LogP contribution in [0.5, 0.6) is 0 Å². The fourth-order valence-electron chi connectivity index (χ4n) is 2.84. The van der Waals surface area contributed by atoms with Crippen molar-refractivity contribution >= 4 is 5.97 Å². The van der Waals surface area contributed by atoms with E-state index in [0.717, 1.165) is 32.2 Å². The van der Waals surface area contributed by atoms with Gasteiger partial charge in [-0.3, -0.25) is 4.79 Å². The monoisotopic (exact) mass is 291 g/mol. The largest absolute Gasteiger partial charge is 0.480 e. The van der Waals surface area contributed by atoms with Crippen molar-refractivity contribution in [3.63, 3.8) is 0 Å². The minimum Gasteiger partial charge on any atom is -0.480 e. The van der Waals surface area contributed by atoms with Crippen molar-refractivity contribution in [3.8, 4) is 0 Å². The summed E-state index contributed by atoms with van der Waals surface area (Å²) in [6.45, 7) is 3.23. The van der Waals surface area contributed by atoms with E-state index in [9.17, 15) is 9.90 Å². The Balaban J connectivity index is 1.84.